The molecule has 2 saturated carbocycles. The van der Waals surface area contributed by atoms with Crippen molar-refractivity contribution in [2.45, 2.75) is 31.5 Å². The van der Waals surface area contributed by atoms with Crippen molar-refractivity contribution in [1.29, 1.82) is 0 Å². The van der Waals surface area contributed by atoms with E-state index < -0.39 is 0 Å². The predicted octanol–water partition coefficient (Wildman–Crippen LogP) is 1.12. The molecule has 0 radical (unpaired) electrons. The molecule has 3 aliphatic rings. The van der Waals surface area contributed by atoms with Crippen molar-refractivity contribution in [3.05, 3.63) is 0 Å². The second-order valence-corrected chi connectivity index (χ2v) is 4.27. The van der Waals surface area contributed by atoms with Crippen LogP contribution in [0.5, 0.6) is 0 Å². The Morgan fingerprint density at radius 1 is 1.23 bits per heavy atom. The molecule has 1 aliphatic heterocycles. The Morgan fingerprint density at radius 3 is 2.77 bits per heavy atom. The summed E-state index contributed by atoms with van der Waals surface area (Å²) in [6.07, 6.45) is 3.62. The molecule has 2 atom stereocenters. The predicted molar refractivity (Wildman–Crippen MR) is 45.1 cm³/mol. The zero-order chi connectivity index (χ0) is 8.89. The van der Waals surface area contributed by atoms with E-state index in [1.54, 1.807) is 0 Å². The van der Waals surface area contributed by atoms with Gasteiger partial charge < -0.3 is 9.47 Å². The SMILES string of the molecule is O=C1CCC2C1CCC21OCCO1. The molecule has 3 heteroatoms. The summed E-state index contributed by atoms with van der Waals surface area (Å²) < 4.78 is 11.4. The lowest BCUT2D eigenvalue weighted by Gasteiger charge is -2.28. The molecule has 13 heavy (non-hydrogen) atoms. The normalized spacial score (nSPS) is 41.7. The van der Waals surface area contributed by atoms with Gasteiger partial charge in [0, 0.05) is 24.7 Å². The molecule has 3 fully saturated rings. The standard InChI is InChI=1S/C10H14O3/c11-9-2-1-8-7(9)3-4-10(8)12-5-6-13-10/h7-8H,1-6H2. The van der Waals surface area contributed by atoms with Crippen LogP contribution in [0.2, 0.25) is 0 Å². The van der Waals surface area contributed by atoms with Gasteiger partial charge in [0.15, 0.2) is 5.79 Å². The van der Waals surface area contributed by atoms with E-state index in [1.165, 1.54) is 0 Å². The van der Waals surface area contributed by atoms with Gasteiger partial charge in [0.05, 0.1) is 13.2 Å². The van der Waals surface area contributed by atoms with Crippen LogP contribution in [0.15, 0.2) is 0 Å². The van der Waals surface area contributed by atoms with Gasteiger partial charge >= 0.3 is 0 Å². The number of Topliss-reactive ketones (excluding diaryl/α,β-unsaturated/α-hetero) is 1. The third-order valence-electron chi connectivity index (χ3n) is 3.75. The molecule has 3 nitrogen and oxygen atoms in total. The van der Waals surface area contributed by atoms with Crippen molar-refractivity contribution >= 4 is 5.78 Å². The summed E-state index contributed by atoms with van der Waals surface area (Å²) in [7, 11) is 0. The van der Waals surface area contributed by atoms with E-state index in [4.69, 9.17) is 9.47 Å². The summed E-state index contributed by atoms with van der Waals surface area (Å²) in [6.45, 7) is 1.41. The Balaban J connectivity index is 1.89. The Hall–Kier alpha value is -0.410. The zero-order valence-electron chi connectivity index (χ0n) is 7.62. The lowest BCUT2D eigenvalue weighted by molar-refractivity contribution is -0.183. The van der Waals surface area contributed by atoms with E-state index in [1.807, 2.05) is 0 Å². The third kappa shape index (κ3) is 0.945. The molecule has 1 heterocycles. The van der Waals surface area contributed by atoms with Crippen LogP contribution in [0.25, 0.3) is 0 Å². The number of carbonyl (C=O) groups excluding carboxylic acids is 1. The monoisotopic (exact) mass is 182 g/mol. The van der Waals surface area contributed by atoms with Crippen LogP contribution >= 0.6 is 0 Å². The fraction of sp³-hybridized carbons (Fsp3) is 0.900. The highest BCUT2D eigenvalue weighted by Gasteiger charge is 2.56. The second-order valence-electron chi connectivity index (χ2n) is 4.27. The Labute approximate surface area is 77.4 Å². The molecule has 0 N–H and O–H groups in total. The van der Waals surface area contributed by atoms with Crippen molar-refractivity contribution in [2.75, 3.05) is 13.2 Å². The molecule has 0 aromatic rings. The third-order valence-corrected chi connectivity index (χ3v) is 3.75. The molecule has 2 aliphatic carbocycles. The van der Waals surface area contributed by atoms with Gasteiger partial charge in [0.25, 0.3) is 0 Å². The lowest BCUT2D eigenvalue weighted by atomic mass is 9.96. The van der Waals surface area contributed by atoms with Gasteiger partial charge in [-0.25, -0.2) is 0 Å². The highest BCUT2D eigenvalue weighted by atomic mass is 16.7. The first kappa shape index (κ1) is 7.94. The molecular weight excluding hydrogens is 168 g/mol. The average Bonchev–Trinajstić information content (AvgIpc) is 2.76. The van der Waals surface area contributed by atoms with Crippen molar-refractivity contribution in [3.63, 3.8) is 0 Å². The maximum atomic E-state index is 11.5. The van der Waals surface area contributed by atoms with Gasteiger partial charge in [0.1, 0.15) is 5.78 Å². The molecule has 0 bridgehead atoms. The molecular formula is C10H14O3. The molecule has 72 valence electrons. The van der Waals surface area contributed by atoms with Gasteiger partial charge in [-0.3, -0.25) is 4.79 Å². The van der Waals surface area contributed by atoms with Gasteiger partial charge in [-0.2, -0.15) is 0 Å². The van der Waals surface area contributed by atoms with Gasteiger partial charge in [-0.05, 0) is 12.8 Å². The van der Waals surface area contributed by atoms with Crippen molar-refractivity contribution in [3.8, 4) is 0 Å². The van der Waals surface area contributed by atoms with Crippen LogP contribution in [-0.2, 0) is 14.3 Å². The van der Waals surface area contributed by atoms with E-state index in [-0.39, 0.29) is 11.7 Å². The maximum absolute atomic E-state index is 11.5. The Kier molecular flexibility index (Phi) is 1.56. The molecule has 0 aromatic carbocycles. The van der Waals surface area contributed by atoms with Crippen molar-refractivity contribution < 1.29 is 14.3 Å². The van der Waals surface area contributed by atoms with Crippen LogP contribution < -0.4 is 0 Å². The number of carbonyl (C=O) groups is 1. The Morgan fingerprint density at radius 2 is 2.00 bits per heavy atom. The van der Waals surface area contributed by atoms with Gasteiger partial charge in [-0.1, -0.05) is 0 Å². The summed E-state index contributed by atoms with van der Waals surface area (Å²) >= 11 is 0. The Bertz CT molecular complexity index is 243. The minimum absolute atomic E-state index is 0.248. The zero-order valence-corrected chi connectivity index (χ0v) is 7.62. The summed E-state index contributed by atoms with van der Waals surface area (Å²) in [5, 5.41) is 0. The largest absolute Gasteiger partial charge is 0.347 e. The molecule has 1 saturated heterocycles. The van der Waals surface area contributed by atoms with Gasteiger partial charge in [0.2, 0.25) is 0 Å². The summed E-state index contributed by atoms with van der Waals surface area (Å²) in [5.41, 5.74) is 0. The molecule has 2 unspecified atom stereocenters. The molecule has 1 spiro atoms. The topological polar surface area (TPSA) is 35.5 Å². The van der Waals surface area contributed by atoms with Gasteiger partial charge in [-0.15, -0.1) is 0 Å². The average molecular weight is 182 g/mol. The minimum atomic E-state index is -0.350. The number of fused-ring (bicyclic) bond motifs is 2. The number of hydrogen-bond donors (Lipinski definition) is 0. The fourth-order valence-electron chi connectivity index (χ4n) is 3.17. The fourth-order valence-corrected chi connectivity index (χ4v) is 3.17. The molecule has 3 rings (SSSR count). The van der Waals surface area contributed by atoms with E-state index >= 15 is 0 Å². The van der Waals surface area contributed by atoms with Crippen molar-refractivity contribution in [1.82, 2.24) is 0 Å². The number of hydrogen-bond acceptors (Lipinski definition) is 3. The number of ether oxygens (including phenoxy) is 2. The van der Waals surface area contributed by atoms with Crippen LogP contribution in [-0.4, -0.2) is 24.8 Å². The van der Waals surface area contributed by atoms with Crippen LogP contribution in [0.4, 0.5) is 0 Å². The summed E-state index contributed by atoms with van der Waals surface area (Å²) in [6, 6.07) is 0. The molecule has 0 aromatic heterocycles. The number of rotatable bonds is 0. The summed E-state index contributed by atoms with van der Waals surface area (Å²) in [5.74, 6) is 0.693. The maximum Gasteiger partial charge on any atom is 0.171 e. The highest BCUT2D eigenvalue weighted by molar-refractivity contribution is 5.84. The first-order valence-electron chi connectivity index (χ1n) is 5.12. The lowest BCUT2D eigenvalue weighted by Crippen LogP contribution is -2.35. The highest BCUT2D eigenvalue weighted by Crippen LogP contribution is 2.51. The molecule has 0 amide bonds. The van der Waals surface area contributed by atoms with E-state index in [9.17, 15) is 4.79 Å². The number of ketones is 1. The van der Waals surface area contributed by atoms with E-state index in [0.717, 1.165) is 25.7 Å². The van der Waals surface area contributed by atoms with Crippen LogP contribution in [0, 0.1) is 11.8 Å². The second kappa shape index (κ2) is 2.55. The first-order chi connectivity index (χ1) is 6.32. The van der Waals surface area contributed by atoms with Crippen LogP contribution in [0.3, 0.4) is 0 Å². The van der Waals surface area contributed by atoms with E-state index in [0.29, 0.717) is 24.9 Å². The first-order valence-corrected chi connectivity index (χ1v) is 5.12. The van der Waals surface area contributed by atoms with E-state index in [2.05, 4.69) is 0 Å². The smallest absolute Gasteiger partial charge is 0.171 e. The summed E-state index contributed by atoms with van der Waals surface area (Å²) in [4.78, 5) is 11.5. The minimum Gasteiger partial charge on any atom is -0.347 e. The van der Waals surface area contributed by atoms with Crippen molar-refractivity contribution in [2.24, 2.45) is 11.8 Å². The van der Waals surface area contributed by atoms with Crippen LogP contribution in [0.1, 0.15) is 25.7 Å². The quantitative estimate of drug-likeness (QED) is 0.563.